The van der Waals surface area contributed by atoms with Crippen LogP contribution >= 0.6 is 15.9 Å². The van der Waals surface area contributed by atoms with Gasteiger partial charge in [-0.1, -0.05) is 15.9 Å². The van der Waals surface area contributed by atoms with Gasteiger partial charge in [0.05, 0.1) is 18.1 Å². The number of sulfonamides is 1. The third-order valence-corrected chi connectivity index (χ3v) is 6.95. The molecule has 0 atom stereocenters. The first-order valence-electron chi connectivity index (χ1n) is 10.0. The molecule has 9 heteroatoms. The number of nitrogens with zero attached hydrogens (tertiary/aromatic N) is 1. The summed E-state index contributed by atoms with van der Waals surface area (Å²) in [5.74, 6) is -0.262. The van der Waals surface area contributed by atoms with E-state index in [-0.39, 0.29) is 10.8 Å². The lowest BCUT2D eigenvalue weighted by molar-refractivity contribution is 0.102. The van der Waals surface area contributed by atoms with E-state index in [2.05, 4.69) is 30.9 Å². The first kappa shape index (κ1) is 22.3. The number of nitrogens with one attached hydrogen (secondary N) is 2. The lowest BCUT2D eigenvalue weighted by Gasteiger charge is -2.28. The molecule has 0 spiro atoms. The molecule has 0 saturated carbocycles. The van der Waals surface area contributed by atoms with Crippen molar-refractivity contribution in [1.29, 1.82) is 0 Å². The molecule has 32 heavy (non-hydrogen) atoms. The molecule has 166 valence electrons. The van der Waals surface area contributed by atoms with E-state index < -0.39 is 10.0 Å². The highest BCUT2D eigenvalue weighted by atomic mass is 79.9. The maximum atomic E-state index is 12.6. The topological polar surface area (TPSA) is 87.7 Å². The zero-order chi connectivity index (χ0) is 22.6. The summed E-state index contributed by atoms with van der Waals surface area (Å²) in [6, 6.07) is 20.3. The van der Waals surface area contributed by atoms with Crippen LogP contribution in [0.2, 0.25) is 0 Å². The largest absolute Gasteiger partial charge is 0.378 e. The Morgan fingerprint density at radius 2 is 1.44 bits per heavy atom. The molecule has 0 aliphatic carbocycles. The minimum absolute atomic E-state index is 0.105. The lowest BCUT2D eigenvalue weighted by Crippen LogP contribution is -2.36. The van der Waals surface area contributed by atoms with E-state index in [1.165, 1.54) is 12.1 Å². The van der Waals surface area contributed by atoms with Gasteiger partial charge >= 0.3 is 0 Å². The maximum Gasteiger partial charge on any atom is 0.261 e. The minimum Gasteiger partial charge on any atom is -0.378 e. The Hall–Kier alpha value is -2.88. The first-order valence-corrected chi connectivity index (χ1v) is 12.3. The quantitative estimate of drug-likeness (QED) is 0.509. The van der Waals surface area contributed by atoms with Gasteiger partial charge in [0.15, 0.2) is 0 Å². The number of anilines is 3. The molecule has 3 aromatic rings. The van der Waals surface area contributed by atoms with Gasteiger partial charge in [0.25, 0.3) is 15.9 Å². The fourth-order valence-electron chi connectivity index (χ4n) is 3.30. The molecular weight excluding hydrogens is 494 g/mol. The van der Waals surface area contributed by atoms with Crippen LogP contribution in [0.25, 0.3) is 0 Å². The fourth-order valence-corrected chi connectivity index (χ4v) is 4.62. The average molecular weight is 516 g/mol. The highest BCUT2D eigenvalue weighted by Gasteiger charge is 2.15. The summed E-state index contributed by atoms with van der Waals surface area (Å²) < 4.78 is 33.9. The molecule has 1 fully saturated rings. The number of hydrogen-bond acceptors (Lipinski definition) is 5. The summed E-state index contributed by atoms with van der Waals surface area (Å²) in [5, 5.41) is 2.80. The summed E-state index contributed by atoms with van der Waals surface area (Å²) >= 11 is 3.32. The molecule has 1 amide bonds. The number of hydrogen-bond donors (Lipinski definition) is 2. The number of halogens is 1. The second-order valence-electron chi connectivity index (χ2n) is 7.24. The van der Waals surface area contributed by atoms with Gasteiger partial charge in [0, 0.05) is 40.2 Å². The molecule has 2 N–H and O–H groups in total. The van der Waals surface area contributed by atoms with E-state index in [1.54, 1.807) is 48.5 Å². The molecule has 4 rings (SSSR count). The number of benzene rings is 3. The molecule has 1 aliphatic rings. The van der Waals surface area contributed by atoms with Gasteiger partial charge in [-0.05, 0) is 72.8 Å². The van der Waals surface area contributed by atoms with Gasteiger partial charge in [-0.3, -0.25) is 9.52 Å². The molecule has 1 aliphatic heterocycles. The SMILES string of the molecule is O=C(Nc1ccc(S(=O)(=O)Nc2ccc(Br)cc2)cc1)c1ccc(N2CCOCC2)cc1. The van der Waals surface area contributed by atoms with Crippen molar-refractivity contribution in [1.82, 2.24) is 0 Å². The fraction of sp³-hybridized carbons (Fsp3) is 0.174. The number of rotatable bonds is 6. The second kappa shape index (κ2) is 9.72. The Morgan fingerprint density at radius 3 is 2.06 bits per heavy atom. The standard InChI is InChI=1S/C23H22BrN3O4S/c24-18-3-5-20(6-4-18)26-32(29,30)22-11-7-19(8-12-22)25-23(28)17-1-9-21(10-2-17)27-13-15-31-16-14-27/h1-12,26H,13-16H2,(H,25,28). The van der Waals surface area contributed by atoms with Gasteiger partial charge in [-0.15, -0.1) is 0 Å². The molecular formula is C23H22BrN3O4S. The van der Waals surface area contributed by atoms with E-state index in [0.29, 0.717) is 30.2 Å². The van der Waals surface area contributed by atoms with E-state index in [0.717, 1.165) is 23.2 Å². The number of carbonyl (C=O) groups excluding carboxylic acids is 1. The average Bonchev–Trinajstić information content (AvgIpc) is 2.81. The molecule has 0 aromatic heterocycles. The second-order valence-corrected chi connectivity index (χ2v) is 9.84. The van der Waals surface area contributed by atoms with Crippen LogP contribution < -0.4 is 14.9 Å². The molecule has 3 aromatic carbocycles. The Bertz CT molecular complexity index is 1180. The van der Waals surface area contributed by atoms with Crippen LogP contribution in [0.1, 0.15) is 10.4 Å². The van der Waals surface area contributed by atoms with Crippen molar-refractivity contribution in [3.63, 3.8) is 0 Å². The van der Waals surface area contributed by atoms with Crippen LogP contribution in [0.5, 0.6) is 0 Å². The number of ether oxygens (including phenoxy) is 1. The van der Waals surface area contributed by atoms with Crippen molar-refractivity contribution in [2.75, 3.05) is 41.2 Å². The molecule has 7 nitrogen and oxygen atoms in total. The van der Waals surface area contributed by atoms with Gasteiger partial charge in [0.1, 0.15) is 0 Å². The van der Waals surface area contributed by atoms with Crippen LogP contribution in [-0.2, 0) is 14.8 Å². The van der Waals surface area contributed by atoms with Crippen LogP contribution in [-0.4, -0.2) is 40.6 Å². The molecule has 1 heterocycles. The molecule has 0 radical (unpaired) electrons. The molecule has 1 saturated heterocycles. The predicted octanol–water partition coefficient (Wildman–Crippen LogP) is 4.34. The van der Waals surface area contributed by atoms with Crippen molar-refractivity contribution < 1.29 is 17.9 Å². The third-order valence-electron chi connectivity index (χ3n) is 5.02. The van der Waals surface area contributed by atoms with Crippen molar-refractivity contribution in [3.8, 4) is 0 Å². The van der Waals surface area contributed by atoms with E-state index in [4.69, 9.17) is 4.74 Å². The van der Waals surface area contributed by atoms with Crippen molar-refractivity contribution >= 4 is 48.9 Å². The lowest BCUT2D eigenvalue weighted by atomic mass is 10.1. The van der Waals surface area contributed by atoms with E-state index in [9.17, 15) is 13.2 Å². The Morgan fingerprint density at radius 1 is 0.844 bits per heavy atom. The Labute approximate surface area is 195 Å². The monoisotopic (exact) mass is 515 g/mol. The minimum atomic E-state index is -3.73. The summed E-state index contributed by atoms with van der Waals surface area (Å²) in [5.41, 5.74) is 2.55. The molecule has 0 bridgehead atoms. The van der Waals surface area contributed by atoms with Crippen molar-refractivity contribution in [2.45, 2.75) is 4.90 Å². The van der Waals surface area contributed by atoms with Crippen LogP contribution in [0.3, 0.4) is 0 Å². The van der Waals surface area contributed by atoms with E-state index in [1.807, 2.05) is 12.1 Å². The van der Waals surface area contributed by atoms with Gasteiger partial charge in [-0.2, -0.15) is 0 Å². The van der Waals surface area contributed by atoms with Crippen LogP contribution in [0.15, 0.2) is 82.2 Å². The number of amides is 1. The van der Waals surface area contributed by atoms with Crippen LogP contribution in [0, 0.1) is 0 Å². The smallest absolute Gasteiger partial charge is 0.261 e. The number of carbonyl (C=O) groups is 1. The van der Waals surface area contributed by atoms with Crippen molar-refractivity contribution in [3.05, 3.63) is 82.8 Å². The summed E-state index contributed by atoms with van der Waals surface area (Å²) in [6.45, 7) is 3.06. The zero-order valence-electron chi connectivity index (χ0n) is 17.1. The van der Waals surface area contributed by atoms with Crippen molar-refractivity contribution in [2.24, 2.45) is 0 Å². The molecule has 0 unspecified atom stereocenters. The summed E-state index contributed by atoms with van der Waals surface area (Å²) in [7, 11) is -3.73. The summed E-state index contributed by atoms with van der Waals surface area (Å²) in [6.07, 6.45) is 0. The zero-order valence-corrected chi connectivity index (χ0v) is 19.5. The third kappa shape index (κ3) is 5.48. The highest BCUT2D eigenvalue weighted by Crippen LogP contribution is 2.21. The van der Waals surface area contributed by atoms with Gasteiger partial charge in [0.2, 0.25) is 0 Å². The Kier molecular flexibility index (Phi) is 6.78. The van der Waals surface area contributed by atoms with Gasteiger partial charge in [-0.25, -0.2) is 8.42 Å². The maximum absolute atomic E-state index is 12.6. The van der Waals surface area contributed by atoms with Crippen LogP contribution in [0.4, 0.5) is 17.1 Å². The first-order chi connectivity index (χ1) is 15.4. The summed E-state index contributed by atoms with van der Waals surface area (Å²) in [4.78, 5) is 14.9. The highest BCUT2D eigenvalue weighted by molar-refractivity contribution is 9.10. The normalized spacial score (nSPS) is 14.1. The predicted molar refractivity (Wildman–Crippen MR) is 129 cm³/mol. The Balaban J connectivity index is 1.39. The van der Waals surface area contributed by atoms with E-state index >= 15 is 0 Å². The van der Waals surface area contributed by atoms with Gasteiger partial charge < -0.3 is 15.0 Å². The number of morpholine rings is 1.